The first-order chi connectivity index (χ1) is 15.2. The molecule has 0 bridgehead atoms. The van der Waals surface area contributed by atoms with Crippen molar-refractivity contribution < 1.29 is 26.6 Å². The summed E-state index contributed by atoms with van der Waals surface area (Å²) in [5.74, 6) is 3.18. The fraction of sp³-hybridized carbons (Fsp3) is 0.269. The Labute approximate surface area is 197 Å². The van der Waals surface area contributed by atoms with E-state index in [1.165, 1.54) is 33.4 Å². The van der Waals surface area contributed by atoms with Crippen LogP contribution in [0.2, 0.25) is 0 Å². The number of ether oxygens (including phenoxy) is 3. The molecule has 0 fully saturated rings. The van der Waals surface area contributed by atoms with Gasteiger partial charge in [-0.25, -0.2) is 4.98 Å². The maximum atomic E-state index is 5.61. The molecule has 6 heteroatoms. The number of aryl methyl sites for hydroxylation is 1. The van der Waals surface area contributed by atoms with E-state index in [4.69, 9.17) is 19.2 Å². The van der Waals surface area contributed by atoms with Gasteiger partial charge in [0.25, 0.3) is 0 Å². The Hall–Kier alpha value is -2.76. The number of pyridine rings is 1. The summed E-state index contributed by atoms with van der Waals surface area (Å²) in [6.45, 7) is 2.63. The van der Waals surface area contributed by atoms with Crippen molar-refractivity contribution in [3.63, 3.8) is 0 Å². The average molecular weight is 465 g/mol. The molecule has 1 atom stereocenters. The zero-order chi connectivity index (χ0) is 20.9. The standard InChI is InChI=1S/C26H23NO3S.ClH/c1-15-3-9-19-24(11-15)31-26-25(19)20(16-4-7-18(28-2)8-5-16)13-21(27-26)17-6-10-22-23(12-17)30-14-29-22;/h4-8,10,12-13,15H,3,9,11,14H2,1-2H3;1H/p-1. The molecule has 1 unspecified atom stereocenters. The number of fused-ring (bicyclic) bond motifs is 4. The molecule has 0 spiro atoms. The zero-order valence-corrected chi connectivity index (χ0v) is 19.6. The van der Waals surface area contributed by atoms with Crippen LogP contribution in [0.5, 0.6) is 17.2 Å². The maximum Gasteiger partial charge on any atom is 0.231 e. The highest BCUT2D eigenvalue weighted by atomic mass is 35.5. The second-order valence-corrected chi connectivity index (χ2v) is 9.47. The van der Waals surface area contributed by atoms with E-state index >= 15 is 0 Å². The first-order valence-electron chi connectivity index (χ1n) is 10.7. The van der Waals surface area contributed by atoms with Gasteiger partial charge in [-0.1, -0.05) is 19.1 Å². The minimum atomic E-state index is 0. The lowest BCUT2D eigenvalue weighted by Crippen LogP contribution is -3.00. The molecule has 2 aliphatic rings. The molecule has 1 aliphatic carbocycles. The van der Waals surface area contributed by atoms with Crippen LogP contribution in [0.25, 0.3) is 32.6 Å². The monoisotopic (exact) mass is 464 g/mol. The molecule has 0 amide bonds. The topological polar surface area (TPSA) is 40.6 Å². The molecule has 1 aliphatic heterocycles. The average Bonchev–Trinajstić information content (AvgIpc) is 3.41. The molecule has 2 aromatic carbocycles. The van der Waals surface area contributed by atoms with Crippen LogP contribution in [0.4, 0.5) is 0 Å². The Balaban J connectivity index is 0.00000216. The van der Waals surface area contributed by atoms with Gasteiger partial charge in [-0.05, 0) is 78.3 Å². The van der Waals surface area contributed by atoms with Gasteiger partial charge >= 0.3 is 0 Å². The third-order valence-electron chi connectivity index (χ3n) is 6.33. The molecule has 4 aromatic rings. The number of rotatable bonds is 3. The van der Waals surface area contributed by atoms with Crippen LogP contribution in [0.1, 0.15) is 23.8 Å². The van der Waals surface area contributed by atoms with Crippen molar-refractivity contribution in [1.82, 2.24) is 4.98 Å². The minimum Gasteiger partial charge on any atom is -1.00 e. The Bertz CT molecular complexity index is 1300. The third-order valence-corrected chi connectivity index (χ3v) is 7.48. The molecule has 164 valence electrons. The van der Waals surface area contributed by atoms with E-state index < -0.39 is 0 Å². The van der Waals surface area contributed by atoms with E-state index in [0.717, 1.165) is 52.1 Å². The Morgan fingerprint density at radius 2 is 1.78 bits per heavy atom. The number of hydrogen-bond donors (Lipinski definition) is 0. The summed E-state index contributed by atoms with van der Waals surface area (Å²) in [5.41, 5.74) is 5.93. The van der Waals surface area contributed by atoms with Crippen molar-refractivity contribution in [1.29, 1.82) is 0 Å². The SMILES string of the molecule is COc1ccc(-c2cc(-c3ccc4c(c3)OCO4)nc3sc4c(c23)CCC(C)C4)cc1.[Cl-]. The summed E-state index contributed by atoms with van der Waals surface area (Å²) in [5, 5.41) is 1.32. The molecule has 6 rings (SSSR count). The largest absolute Gasteiger partial charge is 1.00 e. The van der Waals surface area contributed by atoms with Gasteiger partial charge in [-0.2, -0.15) is 0 Å². The van der Waals surface area contributed by atoms with Gasteiger partial charge in [-0.15, -0.1) is 11.3 Å². The van der Waals surface area contributed by atoms with Crippen LogP contribution >= 0.6 is 11.3 Å². The molecule has 3 heterocycles. The van der Waals surface area contributed by atoms with Gasteiger partial charge < -0.3 is 26.6 Å². The lowest BCUT2D eigenvalue weighted by atomic mass is 9.87. The van der Waals surface area contributed by atoms with Gasteiger partial charge in [0, 0.05) is 15.8 Å². The van der Waals surface area contributed by atoms with Crippen molar-refractivity contribution in [3.8, 4) is 39.6 Å². The summed E-state index contributed by atoms with van der Waals surface area (Å²) in [4.78, 5) is 7.74. The lowest BCUT2D eigenvalue weighted by Gasteiger charge is -2.18. The van der Waals surface area contributed by atoms with Crippen LogP contribution in [-0.4, -0.2) is 18.9 Å². The van der Waals surface area contributed by atoms with Crippen LogP contribution in [0.15, 0.2) is 48.5 Å². The first kappa shape index (κ1) is 21.1. The van der Waals surface area contributed by atoms with Crippen molar-refractivity contribution in [2.24, 2.45) is 5.92 Å². The number of halogens is 1. The molecule has 2 aromatic heterocycles. The number of methoxy groups -OCH3 is 1. The predicted octanol–water partition coefficient (Wildman–Crippen LogP) is 3.50. The predicted molar refractivity (Wildman–Crippen MR) is 124 cm³/mol. The van der Waals surface area contributed by atoms with Crippen LogP contribution in [-0.2, 0) is 12.8 Å². The van der Waals surface area contributed by atoms with E-state index in [0.29, 0.717) is 0 Å². The zero-order valence-electron chi connectivity index (χ0n) is 18.0. The molecule has 0 radical (unpaired) electrons. The van der Waals surface area contributed by atoms with Crippen molar-refractivity contribution in [2.75, 3.05) is 13.9 Å². The maximum absolute atomic E-state index is 5.61. The number of aromatic nitrogens is 1. The highest BCUT2D eigenvalue weighted by Gasteiger charge is 2.24. The summed E-state index contributed by atoms with van der Waals surface area (Å²) in [6, 6.07) is 16.6. The smallest absolute Gasteiger partial charge is 0.231 e. The van der Waals surface area contributed by atoms with Crippen LogP contribution < -0.4 is 26.6 Å². The van der Waals surface area contributed by atoms with E-state index in [1.54, 1.807) is 7.11 Å². The van der Waals surface area contributed by atoms with Gasteiger partial charge in [-0.3, -0.25) is 0 Å². The quantitative estimate of drug-likeness (QED) is 0.465. The Kier molecular flexibility index (Phi) is 5.48. The van der Waals surface area contributed by atoms with E-state index in [1.807, 2.05) is 35.6 Å². The number of hydrogen-bond acceptors (Lipinski definition) is 5. The number of benzene rings is 2. The van der Waals surface area contributed by atoms with E-state index in [2.05, 4.69) is 31.2 Å². The summed E-state index contributed by atoms with van der Waals surface area (Å²) >= 11 is 1.86. The molecular weight excluding hydrogens is 442 g/mol. The number of nitrogens with zero attached hydrogens (tertiary/aromatic N) is 1. The Morgan fingerprint density at radius 3 is 2.59 bits per heavy atom. The first-order valence-corrected chi connectivity index (χ1v) is 11.5. The van der Waals surface area contributed by atoms with Crippen molar-refractivity contribution >= 4 is 21.6 Å². The summed E-state index contributed by atoms with van der Waals surface area (Å²) in [7, 11) is 1.70. The molecule has 0 saturated heterocycles. The number of thiophene rings is 1. The van der Waals surface area contributed by atoms with Gasteiger partial charge in [0.1, 0.15) is 10.6 Å². The van der Waals surface area contributed by atoms with Crippen molar-refractivity contribution in [3.05, 3.63) is 59.0 Å². The van der Waals surface area contributed by atoms with Gasteiger partial charge in [0.05, 0.1) is 12.8 Å². The van der Waals surface area contributed by atoms with Gasteiger partial charge in [0.15, 0.2) is 11.5 Å². The fourth-order valence-electron chi connectivity index (χ4n) is 4.65. The third kappa shape index (κ3) is 3.50. The van der Waals surface area contributed by atoms with E-state index in [9.17, 15) is 0 Å². The molecule has 0 saturated carbocycles. The van der Waals surface area contributed by atoms with Crippen LogP contribution in [0.3, 0.4) is 0 Å². The fourth-order valence-corrected chi connectivity index (χ4v) is 6.05. The minimum absolute atomic E-state index is 0. The van der Waals surface area contributed by atoms with E-state index in [-0.39, 0.29) is 19.2 Å². The van der Waals surface area contributed by atoms with Gasteiger partial charge in [0.2, 0.25) is 6.79 Å². The summed E-state index contributed by atoms with van der Waals surface area (Å²) < 4.78 is 16.5. The molecule has 0 N–H and O–H groups in total. The highest BCUT2D eigenvalue weighted by Crippen LogP contribution is 2.44. The van der Waals surface area contributed by atoms with Crippen molar-refractivity contribution in [2.45, 2.75) is 26.2 Å². The second-order valence-electron chi connectivity index (χ2n) is 8.38. The normalized spacial score (nSPS) is 16.5. The highest BCUT2D eigenvalue weighted by molar-refractivity contribution is 7.19. The lowest BCUT2D eigenvalue weighted by molar-refractivity contribution is -0.00000798. The molecular formula is C26H23ClNO3S-. The van der Waals surface area contributed by atoms with Crippen LogP contribution in [0, 0.1) is 5.92 Å². The Morgan fingerprint density at radius 1 is 1.00 bits per heavy atom. The molecule has 32 heavy (non-hydrogen) atoms. The summed E-state index contributed by atoms with van der Waals surface area (Å²) in [6.07, 6.45) is 3.52. The molecule has 4 nitrogen and oxygen atoms in total. The second kappa shape index (κ2) is 8.30.